The number of hydrogen-bond acceptors (Lipinski definition) is 7. The van der Waals surface area contributed by atoms with Crippen LogP contribution in [-0.2, 0) is 4.79 Å². The lowest BCUT2D eigenvalue weighted by Gasteiger charge is -2.31. The number of aromatic nitrogens is 2. The van der Waals surface area contributed by atoms with Gasteiger partial charge in [0, 0.05) is 32.2 Å². The fraction of sp³-hybridized carbons (Fsp3) is 0.556. The third kappa shape index (κ3) is 3.85. The van der Waals surface area contributed by atoms with Crippen LogP contribution >= 0.6 is 11.8 Å². The topological polar surface area (TPSA) is 78.4 Å². The summed E-state index contributed by atoms with van der Waals surface area (Å²) in [6.07, 6.45) is 8.86. The predicted molar refractivity (Wildman–Crippen MR) is 103 cm³/mol. The van der Waals surface area contributed by atoms with Crippen LogP contribution in [-0.4, -0.2) is 47.3 Å². The highest BCUT2D eigenvalue weighted by atomic mass is 32.2. The van der Waals surface area contributed by atoms with Gasteiger partial charge in [0.2, 0.25) is 5.95 Å². The predicted octanol–water partition coefficient (Wildman–Crippen LogP) is 2.78. The van der Waals surface area contributed by atoms with Gasteiger partial charge in [0.25, 0.3) is 11.1 Å². The molecule has 1 aromatic rings. The molecular weight excluding hydrogens is 350 g/mol. The number of imide groups is 1. The number of nitrogens with zero attached hydrogens (tertiary/aromatic N) is 4. The molecule has 3 fully saturated rings. The van der Waals surface area contributed by atoms with Gasteiger partial charge < -0.3 is 9.80 Å². The summed E-state index contributed by atoms with van der Waals surface area (Å²) >= 11 is 0.925. The van der Waals surface area contributed by atoms with Crippen molar-refractivity contribution in [1.82, 2.24) is 15.3 Å². The maximum atomic E-state index is 11.9. The Morgan fingerprint density at radius 1 is 0.923 bits per heavy atom. The first-order valence-corrected chi connectivity index (χ1v) is 10.1. The number of carbonyl (C=O) groups is 2. The molecule has 0 spiro atoms. The van der Waals surface area contributed by atoms with E-state index in [0.717, 1.165) is 62.5 Å². The van der Waals surface area contributed by atoms with Gasteiger partial charge in [-0.2, -0.15) is 4.98 Å². The van der Waals surface area contributed by atoms with Gasteiger partial charge in [0.05, 0.1) is 10.6 Å². The number of nitrogens with one attached hydrogen (secondary N) is 1. The summed E-state index contributed by atoms with van der Waals surface area (Å²) < 4.78 is 0. The average Bonchev–Trinajstić information content (AvgIpc) is 3.00. The van der Waals surface area contributed by atoms with Crippen LogP contribution in [0.2, 0.25) is 0 Å². The number of thioether (sulfide) groups is 1. The maximum Gasteiger partial charge on any atom is 0.290 e. The van der Waals surface area contributed by atoms with Crippen molar-refractivity contribution >= 4 is 40.8 Å². The molecule has 26 heavy (non-hydrogen) atoms. The molecule has 1 aromatic heterocycles. The largest absolute Gasteiger partial charge is 0.356 e. The number of amides is 2. The molecule has 0 atom stereocenters. The fourth-order valence-electron chi connectivity index (χ4n) is 3.59. The van der Waals surface area contributed by atoms with Crippen LogP contribution in [0.25, 0.3) is 6.08 Å². The van der Waals surface area contributed by atoms with Crippen molar-refractivity contribution in [3.8, 4) is 0 Å². The summed E-state index contributed by atoms with van der Waals surface area (Å²) in [5.41, 5.74) is 0.688. The molecule has 0 aliphatic carbocycles. The van der Waals surface area contributed by atoms with Crippen LogP contribution in [0.1, 0.15) is 44.2 Å². The van der Waals surface area contributed by atoms with E-state index in [9.17, 15) is 9.59 Å². The molecule has 0 aromatic carbocycles. The molecule has 0 bridgehead atoms. The van der Waals surface area contributed by atoms with E-state index in [1.807, 2.05) is 6.07 Å². The van der Waals surface area contributed by atoms with Gasteiger partial charge in [0.1, 0.15) is 5.82 Å². The van der Waals surface area contributed by atoms with E-state index in [1.165, 1.54) is 25.7 Å². The summed E-state index contributed by atoms with van der Waals surface area (Å²) in [5, 5.41) is 1.96. The molecule has 8 heteroatoms. The SMILES string of the molecule is O=C1NC(=O)C(=Cc2cc(N3CCCCC3)nc(N3CCCCC3)n2)S1. The highest BCUT2D eigenvalue weighted by molar-refractivity contribution is 8.18. The van der Waals surface area contributed by atoms with Crippen LogP contribution in [0.15, 0.2) is 11.0 Å². The zero-order valence-electron chi connectivity index (χ0n) is 14.7. The number of hydrogen-bond donors (Lipinski definition) is 1. The monoisotopic (exact) mass is 373 g/mol. The minimum Gasteiger partial charge on any atom is -0.356 e. The molecule has 1 N–H and O–H groups in total. The van der Waals surface area contributed by atoms with E-state index < -0.39 is 0 Å². The minimum atomic E-state index is -0.349. The summed E-state index contributed by atoms with van der Waals surface area (Å²) in [5.74, 6) is 1.30. The van der Waals surface area contributed by atoms with Crippen molar-refractivity contribution in [3.63, 3.8) is 0 Å². The fourth-order valence-corrected chi connectivity index (χ4v) is 4.26. The molecule has 3 aliphatic rings. The maximum absolute atomic E-state index is 11.9. The molecule has 4 rings (SSSR count). The second-order valence-corrected chi connectivity index (χ2v) is 7.91. The van der Waals surface area contributed by atoms with Crippen LogP contribution in [0.4, 0.5) is 16.6 Å². The Morgan fingerprint density at radius 2 is 1.58 bits per heavy atom. The normalized spacial score (nSPS) is 22.8. The van der Waals surface area contributed by atoms with Crippen LogP contribution in [0, 0.1) is 0 Å². The molecule has 3 aliphatic heterocycles. The van der Waals surface area contributed by atoms with E-state index in [1.54, 1.807) is 6.08 Å². The zero-order chi connectivity index (χ0) is 17.9. The van der Waals surface area contributed by atoms with Gasteiger partial charge >= 0.3 is 0 Å². The lowest BCUT2D eigenvalue weighted by Crippen LogP contribution is -2.33. The molecule has 2 amide bonds. The van der Waals surface area contributed by atoms with Crippen molar-refractivity contribution in [2.45, 2.75) is 38.5 Å². The molecule has 4 heterocycles. The summed E-state index contributed by atoms with van der Waals surface area (Å²) in [6.45, 7) is 3.93. The van der Waals surface area contributed by atoms with Crippen LogP contribution in [0.5, 0.6) is 0 Å². The van der Waals surface area contributed by atoms with Crippen molar-refractivity contribution in [1.29, 1.82) is 0 Å². The number of rotatable bonds is 3. The Bertz CT molecular complexity index is 703. The second kappa shape index (κ2) is 7.65. The quantitative estimate of drug-likeness (QED) is 0.816. The highest BCUT2D eigenvalue weighted by Crippen LogP contribution is 2.28. The first kappa shape index (κ1) is 17.3. The van der Waals surface area contributed by atoms with Crippen LogP contribution < -0.4 is 15.1 Å². The van der Waals surface area contributed by atoms with Crippen molar-refractivity contribution in [2.24, 2.45) is 0 Å². The summed E-state index contributed by atoms with van der Waals surface area (Å²) in [7, 11) is 0. The van der Waals surface area contributed by atoms with Crippen molar-refractivity contribution in [3.05, 3.63) is 16.7 Å². The van der Waals surface area contributed by atoms with E-state index in [4.69, 9.17) is 4.98 Å². The third-order valence-corrected chi connectivity index (χ3v) is 5.77. The summed E-state index contributed by atoms with van der Waals surface area (Å²) in [6, 6.07) is 1.93. The van der Waals surface area contributed by atoms with Crippen LogP contribution in [0.3, 0.4) is 0 Å². The standard InChI is InChI=1S/C18H23N5O2S/c24-16-14(26-18(25)21-16)11-13-12-15(22-7-3-1-4-8-22)20-17(19-13)23-9-5-2-6-10-23/h11-12H,1-10H2,(H,21,24,25). The van der Waals surface area contributed by atoms with Gasteiger partial charge in [-0.3, -0.25) is 14.9 Å². The Labute approximate surface area is 157 Å². The van der Waals surface area contributed by atoms with E-state index >= 15 is 0 Å². The zero-order valence-corrected chi connectivity index (χ0v) is 15.6. The van der Waals surface area contributed by atoms with Gasteiger partial charge in [-0.15, -0.1) is 0 Å². The van der Waals surface area contributed by atoms with E-state index in [-0.39, 0.29) is 11.1 Å². The van der Waals surface area contributed by atoms with Crippen molar-refractivity contribution in [2.75, 3.05) is 36.0 Å². The van der Waals surface area contributed by atoms with Gasteiger partial charge in [-0.1, -0.05) is 0 Å². The van der Waals surface area contributed by atoms with Gasteiger partial charge in [-0.05, 0) is 56.4 Å². The number of carbonyl (C=O) groups excluding carboxylic acids is 2. The Hall–Kier alpha value is -2.09. The Morgan fingerprint density at radius 3 is 2.19 bits per heavy atom. The molecular formula is C18H23N5O2S. The second-order valence-electron chi connectivity index (χ2n) is 6.90. The minimum absolute atomic E-state index is 0.331. The lowest BCUT2D eigenvalue weighted by molar-refractivity contribution is -0.115. The van der Waals surface area contributed by atoms with Crippen molar-refractivity contribution < 1.29 is 9.59 Å². The molecule has 3 saturated heterocycles. The Kier molecular flexibility index (Phi) is 5.10. The van der Waals surface area contributed by atoms with E-state index in [0.29, 0.717) is 10.6 Å². The first-order chi connectivity index (χ1) is 12.7. The van der Waals surface area contributed by atoms with Gasteiger partial charge in [0.15, 0.2) is 0 Å². The molecule has 0 saturated carbocycles. The molecule has 0 unspecified atom stereocenters. The molecule has 0 radical (unpaired) electrons. The third-order valence-electron chi connectivity index (χ3n) is 4.96. The first-order valence-electron chi connectivity index (χ1n) is 9.33. The molecule has 138 valence electrons. The average molecular weight is 373 g/mol. The number of anilines is 2. The smallest absolute Gasteiger partial charge is 0.290 e. The summed E-state index contributed by atoms with van der Waals surface area (Å²) in [4.78, 5) is 37.7. The Balaban J connectivity index is 1.68. The highest BCUT2D eigenvalue weighted by Gasteiger charge is 2.26. The van der Waals surface area contributed by atoms with Gasteiger partial charge in [-0.25, -0.2) is 4.98 Å². The molecule has 7 nitrogen and oxygen atoms in total. The number of piperidine rings is 2. The van der Waals surface area contributed by atoms with E-state index in [2.05, 4.69) is 20.1 Å². The lowest BCUT2D eigenvalue weighted by atomic mass is 10.1.